The molecular formula is C25H19F3N6O. The number of aryl methyl sites for hydroxylation is 2. The Balaban J connectivity index is 1.60. The second kappa shape index (κ2) is 8.39. The van der Waals surface area contributed by atoms with E-state index in [1.807, 2.05) is 37.4 Å². The summed E-state index contributed by atoms with van der Waals surface area (Å²) in [7, 11) is 0. The van der Waals surface area contributed by atoms with E-state index in [4.69, 9.17) is 0 Å². The lowest BCUT2D eigenvalue weighted by Gasteiger charge is -2.13. The monoisotopic (exact) mass is 476 g/mol. The summed E-state index contributed by atoms with van der Waals surface area (Å²) in [6.07, 6.45) is 0.575. The minimum Gasteiger partial charge on any atom is -0.287 e. The predicted molar refractivity (Wildman–Crippen MR) is 124 cm³/mol. The molecule has 3 heterocycles. The zero-order chi connectivity index (χ0) is 24.7. The Kier molecular flexibility index (Phi) is 5.35. The van der Waals surface area contributed by atoms with E-state index in [-0.39, 0.29) is 16.8 Å². The van der Waals surface area contributed by atoms with Gasteiger partial charge in [0, 0.05) is 24.7 Å². The first-order valence-corrected chi connectivity index (χ1v) is 10.7. The maximum absolute atomic E-state index is 13.3. The van der Waals surface area contributed by atoms with Crippen molar-refractivity contribution in [1.82, 2.24) is 29.3 Å². The van der Waals surface area contributed by atoms with E-state index >= 15 is 0 Å². The van der Waals surface area contributed by atoms with Crippen LogP contribution in [-0.2, 0) is 6.18 Å². The van der Waals surface area contributed by atoms with Gasteiger partial charge in [-0.15, -0.1) is 0 Å². The van der Waals surface area contributed by atoms with Crippen molar-refractivity contribution in [3.8, 4) is 28.5 Å². The summed E-state index contributed by atoms with van der Waals surface area (Å²) in [5, 5.41) is 13.1. The fourth-order valence-electron chi connectivity index (χ4n) is 3.86. The van der Waals surface area contributed by atoms with Crippen molar-refractivity contribution in [2.24, 2.45) is 0 Å². The number of halogens is 3. The van der Waals surface area contributed by atoms with Gasteiger partial charge in [-0.2, -0.15) is 28.5 Å². The maximum Gasteiger partial charge on any atom is 0.416 e. The Morgan fingerprint density at radius 2 is 1.66 bits per heavy atom. The summed E-state index contributed by atoms with van der Waals surface area (Å²) >= 11 is 0. The van der Waals surface area contributed by atoms with Crippen molar-refractivity contribution in [2.75, 3.05) is 0 Å². The molecule has 0 bridgehead atoms. The van der Waals surface area contributed by atoms with Crippen LogP contribution in [0.5, 0.6) is 0 Å². The Labute approximate surface area is 197 Å². The molecular weight excluding hydrogens is 457 g/mol. The Hall–Kier alpha value is -4.47. The summed E-state index contributed by atoms with van der Waals surface area (Å²) in [5.41, 5.74) is 2.41. The van der Waals surface area contributed by atoms with Gasteiger partial charge < -0.3 is 0 Å². The van der Waals surface area contributed by atoms with Crippen LogP contribution in [0.1, 0.15) is 16.8 Å². The van der Waals surface area contributed by atoms with Gasteiger partial charge in [0.05, 0.1) is 34.0 Å². The summed E-state index contributed by atoms with van der Waals surface area (Å²) < 4.78 is 44.4. The summed E-state index contributed by atoms with van der Waals surface area (Å²) in [6, 6.07) is 15.3. The van der Waals surface area contributed by atoms with Crippen LogP contribution in [0.15, 0.2) is 84.0 Å². The maximum atomic E-state index is 13.3. The molecule has 10 heteroatoms. The van der Waals surface area contributed by atoms with Gasteiger partial charge in [0.2, 0.25) is 5.43 Å². The standard InChI is InChI=1S/C25H19F3N6O/c1-16-13-19(32-11-4-10-29-32)7-8-21(16)33-12-9-23(35)24(31-33)22-14-17(2)30-34(22)20-6-3-5-18(15-20)25(26,27)28/h3-15H,1-2H3. The molecule has 0 radical (unpaired) electrons. The molecule has 5 aromatic rings. The molecule has 0 atom stereocenters. The van der Waals surface area contributed by atoms with Gasteiger partial charge in [-0.1, -0.05) is 6.07 Å². The summed E-state index contributed by atoms with van der Waals surface area (Å²) in [4.78, 5) is 12.8. The van der Waals surface area contributed by atoms with E-state index in [2.05, 4.69) is 15.3 Å². The average molecular weight is 476 g/mol. The van der Waals surface area contributed by atoms with E-state index in [0.29, 0.717) is 11.4 Å². The second-order valence-corrected chi connectivity index (χ2v) is 8.03. The van der Waals surface area contributed by atoms with Crippen LogP contribution < -0.4 is 5.43 Å². The number of alkyl halides is 3. The first kappa shape index (κ1) is 22.3. The number of benzene rings is 2. The van der Waals surface area contributed by atoms with Gasteiger partial charge in [-0.3, -0.25) is 4.79 Å². The van der Waals surface area contributed by atoms with Gasteiger partial charge >= 0.3 is 6.18 Å². The average Bonchev–Trinajstić information content (AvgIpc) is 3.49. The first-order valence-electron chi connectivity index (χ1n) is 10.7. The molecule has 0 amide bonds. The predicted octanol–water partition coefficient (Wildman–Crippen LogP) is 4.91. The fourth-order valence-corrected chi connectivity index (χ4v) is 3.86. The van der Waals surface area contributed by atoms with Crippen molar-refractivity contribution in [1.29, 1.82) is 0 Å². The van der Waals surface area contributed by atoms with Gasteiger partial charge in [0.15, 0.2) is 5.69 Å². The molecule has 7 nitrogen and oxygen atoms in total. The number of hydrogen-bond donors (Lipinski definition) is 0. The topological polar surface area (TPSA) is 70.5 Å². The molecule has 0 fully saturated rings. The zero-order valence-corrected chi connectivity index (χ0v) is 18.7. The van der Waals surface area contributed by atoms with Gasteiger partial charge in [-0.05, 0) is 67.9 Å². The Bertz CT molecular complexity index is 1580. The highest BCUT2D eigenvalue weighted by Gasteiger charge is 2.31. The van der Waals surface area contributed by atoms with E-state index in [1.54, 1.807) is 34.7 Å². The number of rotatable bonds is 4. The highest BCUT2D eigenvalue weighted by Crippen LogP contribution is 2.31. The molecule has 35 heavy (non-hydrogen) atoms. The molecule has 0 unspecified atom stereocenters. The summed E-state index contributed by atoms with van der Waals surface area (Å²) in [6.45, 7) is 3.62. The molecule has 2 aromatic carbocycles. The molecule has 176 valence electrons. The van der Waals surface area contributed by atoms with Crippen LogP contribution >= 0.6 is 0 Å². The van der Waals surface area contributed by atoms with Crippen LogP contribution in [0.3, 0.4) is 0 Å². The SMILES string of the molecule is Cc1cc(-c2nn(-c3ccc(-n4cccn4)cc3C)ccc2=O)n(-c2cccc(C(F)(F)F)c2)n1. The van der Waals surface area contributed by atoms with Crippen molar-refractivity contribution in [3.63, 3.8) is 0 Å². The fraction of sp³-hybridized carbons (Fsp3) is 0.120. The van der Waals surface area contributed by atoms with Crippen LogP contribution in [0.25, 0.3) is 28.5 Å². The van der Waals surface area contributed by atoms with Gasteiger partial charge in [0.1, 0.15) is 0 Å². The molecule has 3 aromatic heterocycles. The quantitative estimate of drug-likeness (QED) is 0.370. The van der Waals surface area contributed by atoms with Crippen LogP contribution in [0, 0.1) is 13.8 Å². The number of hydrogen-bond acceptors (Lipinski definition) is 4. The molecule has 0 spiro atoms. The zero-order valence-electron chi connectivity index (χ0n) is 18.7. The molecule has 0 aliphatic rings. The normalized spacial score (nSPS) is 11.7. The smallest absolute Gasteiger partial charge is 0.287 e. The minimum absolute atomic E-state index is 0.0704. The molecule has 0 aliphatic carbocycles. The number of nitrogens with zero attached hydrogens (tertiary/aromatic N) is 6. The Morgan fingerprint density at radius 1 is 0.829 bits per heavy atom. The van der Waals surface area contributed by atoms with Crippen molar-refractivity contribution >= 4 is 0 Å². The largest absolute Gasteiger partial charge is 0.416 e. The van der Waals surface area contributed by atoms with Crippen LogP contribution in [0.2, 0.25) is 0 Å². The molecule has 5 rings (SSSR count). The van der Waals surface area contributed by atoms with Crippen LogP contribution in [0.4, 0.5) is 13.2 Å². The van der Waals surface area contributed by atoms with Gasteiger partial charge in [-0.25, -0.2) is 14.0 Å². The van der Waals surface area contributed by atoms with Crippen molar-refractivity contribution in [3.05, 3.63) is 106 Å². The third-order valence-corrected chi connectivity index (χ3v) is 5.50. The van der Waals surface area contributed by atoms with Crippen molar-refractivity contribution < 1.29 is 13.2 Å². The van der Waals surface area contributed by atoms with E-state index in [1.165, 1.54) is 22.9 Å². The minimum atomic E-state index is -4.50. The van der Waals surface area contributed by atoms with E-state index in [0.717, 1.165) is 29.1 Å². The second-order valence-electron chi connectivity index (χ2n) is 8.03. The van der Waals surface area contributed by atoms with Crippen molar-refractivity contribution in [2.45, 2.75) is 20.0 Å². The van der Waals surface area contributed by atoms with E-state index < -0.39 is 11.7 Å². The number of aromatic nitrogens is 6. The third kappa shape index (κ3) is 4.25. The molecule has 0 saturated carbocycles. The summed E-state index contributed by atoms with van der Waals surface area (Å²) in [5.74, 6) is 0. The van der Waals surface area contributed by atoms with Crippen LogP contribution in [-0.4, -0.2) is 29.3 Å². The third-order valence-electron chi connectivity index (χ3n) is 5.50. The first-order chi connectivity index (χ1) is 16.7. The molecule has 0 aliphatic heterocycles. The lowest BCUT2D eigenvalue weighted by Crippen LogP contribution is -2.15. The molecule has 0 N–H and O–H groups in total. The lowest BCUT2D eigenvalue weighted by atomic mass is 10.1. The molecule has 0 saturated heterocycles. The van der Waals surface area contributed by atoms with Gasteiger partial charge in [0.25, 0.3) is 0 Å². The highest BCUT2D eigenvalue weighted by molar-refractivity contribution is 5.59. The lowest BCUT2D eigenvalue weighted by molar-refractivity contribution is -0.137. The Morgan fingerprint density at radius 3 is 2.37 bits per heavy atom. The van der Waals surface area contributed by atoms with E-state index in [9.17, 15) is 18.0 Å². The highest BCUT2D eigenvalue weighted by atomic mass is 19.4.